The van der Waals surface area contributed by atoms with Crippen molar-refractivity contribution < 1.29 is 4.79 Å². The summed E-state index contributed by atoms with van der Waals surface area (Å²) in [7, 11) is 0. The highest BCUT2D eigenvalue weighted by Gasteiger charge is 2.14. The minimum absolute atomic E-state index is 0.00827. The Balaban J connectivity index is 2.10. The Kier molecular flexibility index (Phi) is 5.56. The Labute approximate surface area is 134 Å². The Bertz CT molecular complexity index is 589. The van der Waals surface area contributed by atoms with Gasteiger partial charge in [-0.05, 0) is 34.3 Å². The van der Waals surface area contributed by atoms with E-state index in [0.717, 1.165) is 15.6 Å². The first-order chi connectivity index (χ1) is 9.60. The molecule has 0 aromatic carbocycles. The van der Waals surface area contributed by atoms with E-state index >= 15 is 0 Å². The lowest BCUT2D eigenvalue weighted by Crippen LogP contribution is -2.15. The molecule has 0 fully saturated rings. The van der Waals surface area contributed by atoms with E-state index in [-0.39, 0.29) is 5.91 Å². The van der Waals surface area contributed by atoms with E-state index in [2.05, 4.69) is 31.2 Å². The number of halogens is 1. The maximum absolute atomic E-state index is 11.9. The molecule has 0 aliphatic carbocycles. The minimum Gasteiger partial charge on any atom is -0.315 e. The zero-order chi connectivity index (χ0) is 14.5. The van der Waals surface area contributed by atoms with Crippen molar-refractivity contribution in [1.82, 2.24) is 9.97 Å². The van der Waals surface area contributed by atoms with Crippen molar-refractivity contribution in [3.63, 3.8) is 0 Å². The number of rotatable bonds is 5. The number of nitrogens with zero attached hydrogens (tertiary/aromatic N) is 2. The predicted molar refractivity (Wildman–Crippen MR) is 89.3 cm³/mol. The molecule has 4 nitrogen and oxygen atoms in total. The summed E-state index contributed by atoms with van der Waals surface area (Å²) in [6.45, 7) is 2.03. The van der Waals surface area contributed by atoms with Crippen LogP contribution in [0.2, 0.25) is 0 Å². The second-order valence-corrected chi connectivity index (χ2v) is 7.21. The number of hydrogen-bond donors (Lipinski definition) is 1. The largest absolute Gasteiger partial charge is 0.315 e. The summed E-state index contributed by atoms with van der Waals surface area (Å²) < 4.78 is 0.659. The Morgan fingerprint density at radius 2 is 2.40 bits per heavy atom. The number of thioether (sulfide) groups is 1. The van der Waals surface area contributed by atoms with Gasteiger partial charge in [-0.15, -0.1) is 0 Å². The summed E-state index contributed by atoms with van der Waals surface area (Å²) in [5.41, 5.74) is 0.941. The first-order valence-corrected chi connectivity index (χ1v) is 8.89. The van der Waals surface area contributed by atoms with Gasteiger partial charge in [-0.25, -0.2) is 4.98 Å². The maximum Gasteiger partial charge on any atom is 0.226 e. The third-order valence-corrected chi connectivity index (χ3v) is 5.45. The molecule has 0 spiro atoms. The highest BCUT2D eigenvalue weighted by molar-refractivity contribution is 9.10. The van der Waals surface area contributed by atoms with Crippen molar-refractivity contribution >= 4 is 49.9 Å². The highest BCUT2D eigenvalue weighted by Crippen LogP contribution is 2.35. The van der Waals surface area contributed by atoms with Crippen LogP contribution in [0.4, 0.5) is 5.00 Å². The van der Waals surface area contributed by atoms with Gasteiger partial charge in [-0.2, -0.15) is 11.8 Å². The van der Waals surface area contributed by atoms with Crippen molar-refractivity contribution in [2.24, 2.45) is 0 Å². The van der Waals surface area contributed by atoms with Crippen molar-refractivity contribution in [3.05, 3.63) is 29.1 Å². The summed E-state index contributed by atoms with van der Waals surface area (Å²) in [6, 6.07) is 3.81. The van der Waals surface area contributed by atoms with E-state index in [1.54, 1.807) is 24.2 Å². The molecule has 2 aromatic heterocycles. The highest BCUT2D eigenvalue weighted by atomic mass is 79.9. The molecule has 0 bridgehead atoms. The summed E-state index contributed by atoms with van der Waals surface area (Å²) in [5.74, 6) is 0.00827. The first-order valence-electron chi connectivity index (χ1n) is 5.99. The molecule has 7 heteroatoms. The Morgan fingerprint density at radius 3 is 3.05 bits per heavy atom. The van der Waals surface area contributed by atoms with Crippen molar-refractivity contribution in [1.29, 1.82) is 0 Å². The SMILES string of the molecule is CSC(C)CC(=O)Nc1sc(-c2cccnc2)nc1Br. The van der Waals surface area contributed by atoms with Crippen LogP contribution < -0.4 is 5.32 Å². The summed E-state index contributed by atoms with van der Waals surface area (Å²) in [5, 5.41) is 4.78. The molecule has 106 valence electrons. The van der Waals surface area contributed by atoms with Gasteiger partial charge in [0.2, 0.25) is 5.91 Å². The van der Waals surface area contributed by atoms with Crippen LogP contribution in [0.25, 0.3) is 10.6 Å². The number of anilines is 1. The van der Waals surface area contributed by atoms with Gasteiger partial charge in [-0.3, -0.25) is 9.78 Å². The monoisotopic (exact) mass is 371 g/mol. The molecule has 1 amide bonds. The number of carbonyl (C=O) groups is 1. The van der Waals surface area contributed by atoms with Crippen molar-refractivity contribution in [2.45, 2.75) is 18.6 Å². The lowest BCUT2D eigenvalue weighted by molar-refractivity contribution is -0.116. The van der Waals surface area contributed by atoms with Gasteiger partial charge < -0.3 is 5.32 Å². The van der Waals surface area contributed by atoms with Crippen LogP contribution in [-0.2, 0) is 4.79 Å². The molecule has 0 saturated carbocycles. The fourth-order valence-electron chi connectivity index (χ4n) is 1.51. The first kappa shape index (κ1) is 15.5. The molecule has 0 saturated heterocycles. The summed E-state index contributed by atoms with van der Waals surface area (Å²) in [6.07, 6.45) is 5.97. The van der Waals surface area contributed by atoms with E-state index in [9.17, 15) is 4.79 Å². The number of hydrogen-bond acceptors (Lipinski definition) is 5. The molecular weight excluding hydrogens is 358 g/mol. The normalized spacial score (nSPS) is 12.2. The van der Waals surface area contributed by atoms with Gasteiger partial charge in [0.05, 0.1) is 0 Å². The van der Waals surface area contributed by atoms with Gasteiger partial charge in [0.1, 0.15) is 14.6 Å². The zero-order valence-corrected chi connectivity index (χ0v) is 14.3. The van der Waals surface area contributed by atoms with Gasteiger partial charge in [0.25, 0.3) is 0 Å². The number of nitrogens with one attached hydrogen (secondary N) is 1. The van der Waals surface area contributed by atoms with Crippen LogP contribution in [0.3, 0.4) is 0 Å². The standard InChI is InChI=1S/C13H14BrN3OS2/c1-8(19-2)6-10(18)16-13-11(14)17-12(20-13)9-4-3-5-15-7-9/h3-5,7-8H,6H2,1-2H3,(H,16,18). The molecule has 2 rings (SSSR count). The Hall–Kier alpha value is -0.920. The molecule has 0 aliphatic heterocycles. The smallest absolute Gasteiger partial charge is 0.226 e. The molecular formula is C13H14BrN3OS2. The number of pyridine rings is 1. The summed E-state index contributed by atoms with van der Waals surface area (Å²) >= 11 is 6.50. The maximum atomic E-state index is 11.9. The molecule has 2 heterocycles. The molecule has 1 atom stereocenters. The molecule has 1 N–H and O–H groups in total. The lowest BCUT2D eigenvalue weighted by Gasteiger charge is -2.07. The second-order valence-electron chi connectivity index (χ2n) is 4.18. The number of thiazole rings is 1. The third-order valence-electron chi connectivity index (χ3n) is 2.62. The number of carbonyl (C=O) groups excluding carboxylic acids is 1. The van der Waals surface area contributed by atoms with Crippen LogP contribution in [0.5, 0.6) is 0 Å². The average molecular weight is 372 g/mol. The summed E-state index contributed by atoms with van der Waals surface area (Å²) in [4.78, 5) is 20.4. The minimum atomic E-state index is 0.00827. The molecule has 0 radical (unpaired) electrons. The third kappa shape index (κ3) is 4.04. The van der Waals surface area contributed by atoms with Crippen LogP contribution >= 0.6 is 39.0 Å². The topological polar surface area (TPSA) is 54.9 Å². The molecule has 0 aliphatic rings. The predicted octanol–water partition coefficient (Wildman–Crippen LogP) is 4.05. The van der Waals surface area contributed by atoms with Gasteiger partial charge >= 0.3 is 0 Å². The van der Waals surface area contributed by atoms with Crippen molar-refractivity contribution in [2.75, 3.05) is 11.6 Å². The quantitative estimate of drug-likeness (QED) is 0.861. The van der Waals surface area contributed by atoms with Gasteiger partial charge in [0.15, 0.2) is 0 Å². The lowest BCUT2D eigenvalue weighted by atomic mass is 10.3. The second kappa shape index (κ2) is 7.19. The van der Waals surface area contributed by atoms with Crippen LogP contribution in [0.15, 0.2) is 29.1 Å². The molecule has 1 unspecified atom stereocenters. The van der Waals surface area contributed by atoms with E-state index in [0.29, 0.717) is 16.3 Å². The fourth-order valence-corrected chi connectivity index (χ4v) is 3.33. The molecule has 2 aromatic rings. The van der Waals surface area contributed by atoms with E-state index in [1.807, 2.05) is 25.3 Å². The van der Waals surface area contributed by atoms with Gasteiger partial charge in [-0.1, -0.05) is 18.3 Å². The number of amides is 1. The van der Waals surface area contributed by atoms with Crippen molar-refractivity contribution in [3.8, 4) is 10.6 Å². The molecule has 20 heavy (non-hydrogen) atoms. The van der Waals surface area contributed by atoms with Crippen LogP contribution in [0.1, 0.15) is 13.3 Å². The Morgan fingerprint density at radius 1 is 1.60 bits per heavy atom. The fraction of sp³-hybridized carbons (Fsp3) is 0.308. The van der Waals surface area contributed by atoms with E-state index < -0.39 is 0 Å². The van der Waals surface area contributed by atoms with E-state index in [1.165, 1.54) is 11.3 Å². The van der Waals surface area contributed by atoms with Crippen LogP contribution in [0, 0.1) is 0 Å². The number of aromatic nitrogens is 2. The van der Waals surface area contributed by atoms with Crippen LogP contribution in [-0.4, -0.2) is 27.4 Å². The van der Waals surface area contributed by atoms with Gasteiger partial charge in [0, 0.05) is 29.6 Å². The average Bonchev–Trinajstić information content (AvgIpc) is 2.81. The van der Waals surface area contributed by atoms with E-state index in [4.69, 9.17) is 0 Å². The zero-order valence-electron chi connectivity index (χ0n) is 11.1.